The topological polar surface area (TPSA) is 237 Å². The number of hydrogen-bond donors (Lipinski definition) is 3. The van der Waals surface area contributed by atoms with Crippen LogP contribution in [0.25, 0.3) is 0 Å². The quantitative estimate of drug-likeness (QED) is 0.0169. The molecule has 4 unspecified atom stereocenters. The van der Waals surface area contributed by atoms with Crippen molar-refractivity contribution in [1.82, 2.24) is 0 Å². The normalized spacial score (nSPS) is 14.9. The maximum atomic E-state index is 13.0. The summed E-state index contributed by atoms with van der Waals surface area (Å²) in [6, 6.07) is 0. The van der Waals surface area contributed by atoms with E-state index in [2.05, 4.69) is 65.8 Å². The average Bonchev–Trinajstić information content (AvgIpc) is 2.34. The maximum absolute atomic E-state index is 13.0. The fourth-order valence-corrected chi connectivity index (χ4v) is 11.7. The Labute approximate surface area is 548 Å². The van der Waals surface area contributed by atoms with Crippen LogP contribution in [0.3, 0.4) is 0 Å². The first-order valence-electron chi connectivity index (χ1n) is 36.4. The first kappa shape index (κ1) is 87.5. The number of phosphoric acid groups is 2. The molecule has 0 aliphatic rings. The Morgan fingerprint density at radius 2 is 0.622 bits per heavy atom. The molecule has 0 aromatic heterocycles. The standard InChI is InChI=1S/C71H134O17P2/c1-7-11-13-15-17-19-21-22-23-24-26-32-36-44-50-56-71(76)87-66(59-81-68(73)53-47-41-34-30-28-27-29-33-39-45-51-63(5)9-3)61-85-89(77,78)83-57-65(72)58-84-90(79,80)86-62-67(60-82-69(74)54-48-42-38-37-40-46-52-64(6)10-4)88-70(75)55-49-43-35-31-25-20-18-16-14-12-8-2/h19,21-23,63-67,72H,7-18,20,24-62H2,1-6H3,(H,77,78)(H,79,80)/b21-19-,23-22-/t63?,64?,65-,66-,67-/m1/s1. The van der Waals surface area contributed by atoms with Crippen LogP contribution in [0.1, 0.15) is 337 Å². The smallest absolute Gasteiger partial charge is 0.462 e. The number of allylic oxidation sites excluding steroid dienone is 4. The summed E-state index contributed by atoms with van der Waals surface area (Å²) in [6.07, 6.45) is 50.6. The van der Waals surface area contributed by atoms with E-state index in [9.17, 15) is 43.2 Å². The van der Waals surface area contributed by atoms with Gasteiger partial charge in [0.2, 0.25) is 0 Å². The second kappa shape index (κ2) is 62.6. The van der Waals surface area contributed by atoms with Crippen LogP contribution in [-0.2, 0) is 65.4 Å². The van der Waals surface area contributed by atoms with Crippen LogP contribution in [0.2, 0.25) is 0 Å². The van der Waals surface area contributed by atoms with Crippen molar-refractivity contribution in [2.75, 3.05) is 39.6 Å². The molecule has 0 fully saturated rings. The number of unbranched alkanes of at least 4 members (excludes halogenated alkanes) is 33. The van der Waals surface area contributed by atoms with E-state index in [1.54, 1.807) is 0 Å². The maximum Gasteiger partial charge on any atom is 0.472 e. The molecule has 0 aliphatic heterocycles. The van der Waals surface area contributed by atoms with E-state index in [-0.39, 0.29) is 25.7 Å². The fraction of sp³-hybridized carbons (Fsp3) is 0.887. The second-order valence-corrected chi connectivity index (χ2v) is 28.3. The molecule has 0 amide bonds. The first-order valence-corrected chi connectivity index (χ1v) is 39.4. The Balaban J connectivity index is 5.30. The number of carbonyl (C=O) groups excluding carboxylic acids is 4. The highest BCUT2D eigenvalue weighted by Crippen LogP contribution is 2.45. The zero-order valence-electron chi connectivity index (χ0n) is 57.9. The molecule has 0 saturated carbocycles. The Bertz CT molecular complexity index is 1850. The summed E-state index contributed by atoms with van der Waals surface area (Å²) in [5.41, 5.74) is 0. The summed E-state index contributed by atoms with van der Waals surface area (Å²) in [7, 11) is -9.91. The van der Waals surface area contributed by atoms with E-state index in [0.717, 1.165) is 121 Å². The van der Waals surface area contributed by atoms with Crippen molar-refractivity contribution in [2.24, 2.45) is 11.8 Å². The van der Waals surface area contributed by atoms with Crippen LogP contribution in [0, 0.1) is 11.8 Å². The van der Waals surface area contributed by atoms with E-state index >= 15 is 0 Å². The summed E-state index contributed by atoms with van der Waals surface area (Å²) in [6.45, 7) is 9.47. The Hall–Kier alpha value is -2.46. The van der Waals surface area contributed by atoms with Gasteiger partial charge in [-0.05, 0) is 63.2 Å². The number of ether oxygens (including phenoxy) is 4. The number of aliphatic hydroxyl groups excluding tert-OH is 1. The number of rotatable bonds is 68. The minimum absolute atomic E-state index is 0.0847. The van der Waals surface area contributed by atoms with Crippen LogP contribution in [0.4, 0.5) is 0 Å². The van der Waals surface area contributed by atoms with Gasteiger partial charge in [-0.25, -0.2) is 9.13 Å². The SMILES string of the molecule is CCCCCC/C=C\C=C/CCCCCCCC(=O)O[C@H](COC(=O)CCCCCCCCCCCCC(C)CC)COP(=O)(O)OC[C@@H](O)COP(=O)(O)OC[C@@H](COC(=O)CCCCCCCCC(C)CC)OC(=O)CCCCCCCCCCCCC. The molecule has 0 heterocycles. The third-order valence-electron chi connectivity index (χ3n) is 16.6. The number of esters is 4. The molecule has 0 bridgehead atoms. The number of phosphoric ester groups is 2. The molecule has 19 heteroatoms. The van der Waals surface area contributed by atoms with Crippen molar-refractivity contribution < 1.29 is 80.2 Å². The predicted molar refractivity (Wildman–Crippen MR) is 363 cm³/mol. The molecule has 0 aliphatic carbocycles. The Kier molecular flexibility index (Phi) is 60.9. The third-order valence-corrected chi connectivity index (χ3v) is 18.5. The van der Waals surface area contributed by atoms with Gasteiger partial charge in [0.15, 0.2) is 12.2 Å². The highest BCUT2D eigenvalue weighted by molar-refractivity contribution is 7.47. The van der Waals surface area contributed by atoms with Gasteiger partial charge in [0.05, 0.1) is 26.4 Å². The van der Waals surface area contributed by atoms with Crippen LogP contribution in [-0.4, -0.2) is 96.7 Å². The molecule has 3 N–H and O–H groups in total. The van der Waals surface area contributed by atoms with Crippen molar-refractivity contribution in [3.8, 4) is 0 Å². The third kappa shape index (κ3) is 61.7. The summed E-state index contributed by atoms with van der Waals surface area (Å²) in [5.74, 6) is -0.618. The van der Waals surface area contributed by atoms with Crippen LogP contribution in [0.15, 0.2) is 24.3 Å². The zero-order chi connectivity index (χ0) is 66.5. The molecule has 90 heavy (non-hydrogen) atoms. The molecule has 0 spiro atoms. The number of aliphatic hydroxyl groups is 1. The monoisotopic (exact) mass is 1320 g/mol. The lowest BCUT2D eigenvalue weighted by Crippen LogP contribution is -2.30. The Morgan fingerprint density at radius 3 is 0.944 bits per heavy atom. The van der Waals surface area contributed by atoms with Crippen molar-refractivity contribution in [3.63, 3.8) is 0 Å². The molecule has 0 radical (unpaired) electrons. The van der Waals surface area contributed by atoms with Crippen molar-refractivity contribution in [3.05, 3.63) is 24.3 Å². The van der Waals surface area contributed by atoms with Gasteiger partial charge in [-0.2, -0.15) is 0 Å². The summed E-state index contributed by atoms with van der Waals surface area (Å²) < 4.78 is 68.3. The lowest BCUT2D eigenvalue weighted by atomic mass is 9.99. The minimum atomic E-state index is -4.96. The lowest BCUT2D eigenvalue weighted by Gasteiger charge is -2.21. The highest BCUT2D eigenvalue weighted by atomic mass is 31.2. The molecule has 0 aromatic rings. The summed E-state index contributed by atoms with van der Waals surface area (Å²) in [5, 5.41) is 10.6. The van der Waals surface area contributed by atoms with Crippen molar-refractivity contribution >= 4 is 39.5 Å². The zero-order valence-corrected chi connectivity index (χ0v) is 59.7. The lowest BCUT2D eigenvalue weighted by molar-refractivity contribution is -0.161. The van der Waals surface area contributed by atoms with E-state index in [1.165, 1.54) is 135 Å². The van der Waals surface area contributed by atoms with Gasteiger partial charge >= 0.3 is 39.5 Å². The number of hydrogen-bond acceptors (Lipinski definition) is 15. The minimum Gasteiger partial charge on any atom is -0.462 e. The van der Waals surface area contributed by atoms with Crippen molar-refractivity contribution in [2.45, 2.75) is 355 Å². The number of carbonyl (C=O) groups is 4. The van der Waals surface area contributed by atoms with Crippen molar-refractivity contribution in [1.29, 1.82) is 0 Å². The van der Waals surface area contributed by atoms with E-state index in [0.29, 0.717) is 25.7 Å². The first-order chi connectivity index (χ1) is 43.4. The molecule has 530 valence electrons. The molecule has 7 atom stereocenters. The predicted octanol–water partition coefficient (Wildman–Crippen LogP) is 19.9. The molecule has 0 rings (SSSR count). The van der Waals surface area contributed by atoms with Gasteiger partial charge < -0.3 is 33.8 Å². The molecule has 0 saturated heterocycles. The van der Waals surface area contributed by atoms with Gasteiger partial charge in [-0.1, -0.05) is 284 Å². The fourth-order valence-electron chi connectivity index (χ4n) is 10.2. The van der Waals surface area contributed by atoms with Crippen LogP contribution < -0.4 is 0 Å². The largest absolute Gasteiger partial charge is 0.472 e. The summed E-state index contributed by atoms with van der Waals surface area (Å²) >= 11 is 0. The van der Waals surface area contributed by atoms with Gasteiger partial charge in [-0.15, -0.1) is 0 Å². The van der Waals surface area contributed by atoms with Gasteiger partial charge in [0, 0.05) is 25.7 Å². The second-order valence-electron chi connectivity index (χ2n) is 25.4. The van der Waals surface area contributed by atoms with Gasteiger partial charge in [0.25, 0.3) is 0 Å². The molecular weight excluding hydrogens is 1190 g/mol. The summed E-state index contributed by atoms with van der Waals surface area (Å²) in [4.78, 5) is 72.5. The van der Waals surface area contributed by atoms with Crippen LogP contribution in [0.5, 0.6) is 0 Å². The van der Waals surface area contributed by atoms with Gasteiger partial charge in [0.1, 0.15) is 19.3 Å². The molecular formula is C71H134O17P2. The van der Waals surface area contributed by atoms with Crippen LogP contribution >= 0.6 is 15.6 Å². The molecule has 0 aromatic carbocycles. The highest BCUT2D eigenvalue weighted by Gasteiger charge is 2.30. The van der Waals surface area contributed by atoms with E-state index in [1.807, 2.05) is 0 Å². The molecule has 17 nitrogen and oxygen atoms in total. The Morgan fingerprint density at radius 1 is 0.356 bits per heavy atom. The average molecular weight is 1320 g/mol. The van der Waals surface area contributed by atoms with E-state index < -0.39 is 97.5 Å². The van der Waals surface area contributed by atoms with E-state index in [4.69, 9.17) is 37.0 Å². The van der Waals surface area contributed by atoms with Gasteiger partial charge in [-0.3, -0.25) is 37.3 Å².